The van der Waals surface area contributed by atoms with Gasteiger partial charge in [0.1, 0.15) is 5.82 Å². The Morgan fingerprint density at radius 2 is 2.38 bits per heavy atom. The number of hydrogen-bond donors (Lipinski definition) is 1. The predicted octanol–water partition coefficient (Wildman–Crippen LogP) is 3.44. The van der Waals surface area contributed by atoms with E-state index in [0.29, 0.717) is 6.04 Å². The fourth-order valence-corrected chi connectivity index (χ4v) is 1.58. The lowest BCUT2D eigenvalue weighted by Gasteiger charge is -2.12. The van der Waals surface area contributed by atoms with E-state index < -0.39 is 0 Å². The maximum Gasteiger partial charge on any atom is 0.127 e. The molecule has 0 aliphatic rings. The Bertz CT molecular complexity index is 263. The Hall–Kier alpha value is -0.570. The van der Waals surface area contributed by atoms with Gasteiger partial charge in [0.25, 0.3) is 0 Å². The summed E-state index contributed by atoms with van der Waals surface area (Å²) in [5.41, 5.74) is 0. The molecular formula is C10H15BrN2. The molecule has 1 aromatic rings. The van der Waals surface area contributed by atoms with Crippen LogP contribution in [0, 0.1) is 0 Å². The van der Waals surface area contributed by atoms with Crippen LogP contribution in [0.5, 0.6) is 0 Å². The second-order valence-electron chi connectivity index (χ2n) is 3.19. The van der Waals surface area contributed by atoms with Crippen molar-refractivity contribution >= 4 is 21.7 Å². The van der Waals surface area contributed by atoms with Crippen molar-refractivity contribution in [3.05, 3.63) is 22.8 Å². The zero-order chi connectivity index (χ0) is 9.68. The average molecular weight is 243 g/mol. The summed E-state index contributed by atoms with van der Waals surface area (Å²) in [6.45, 7) is 4.36. The molecule has 0 saturated heterocycles. The summed E-state index contributed by atoms with van der Waals surface area (Å²) in [4.78, 5) is 4.22. The molecule has 1 N–H and O–H groups in total. The van der Waals surface area contributed by atoms with Crippen LogP contribution in [0.4, 0.5) is 5.82 Å². The van der Waals surface area contributed by atoms with E-state index in [2.05, 4.69) is 40.1 Å². The van der Waals surface area contributed by atoms with Gasteiger partial charge in [0, 0.05) is 16.7 Å². The minimum Gasteiger partial charge on any atom is -0.368 e. The summed E-state index contributed by atoms with van der Waals surface area (Å²) < 4.78 is 1.06. The highest BCUT2D eigenvalue weighted by Gasteiger charge is 2.00. The van der Waals surface area contributed by atoms with Crippen LogP contribution >= 0.6 is 15.9 Å². The molecule has 72 valence electrons. The molecule has 1 unspecified atom stereocenters. The standard InChI is InChI=1S/C10H15BrN2/c1-3-4-8(2)13-10-7-9(11)5-6-12-10/h5-8H,3-4H2,1-2H3,(H,12,13). The number of aromatic nitrogens is 1. The molecule has 3 heteroatoms. The number of halogens is 1. The van der Waals surface area contributed by atoms with Gasteiger partial charge in [0.05, 0.1) is 0 Å². The van der Waals surface area contributed by atoms with Gasteiger partial charge in [-0.2, -0.15) is 0 Å². The van der Waals surface area contributed by atoms with E-state index in [1.165, 1.54) is 12.8 Å². The summed E-state index contributed by atoms with van der Waals surface area (Å²) in [5.74, 6) is 0.940. The molecule has 0 bridgehead atoms. The van der Waals surface area contributed by atoms with Gasteiger partial charge in [-0.3, -0.25) is 0 Å². The Morgan fingerprint density at radius 1 is 1.62 bits per heavy atom. The molecule has 2 nitrogen and oxygen atoms in total. The van der Waals surface area contributed by atoms with Crippen molar-refractivity contribution in [1.82, 2.24) is 4.98 Å². The van der Waals surface area contributed by atoms with Crippen LogP contribution in [0.1, 0.15) is 26.7 Å². The van der Waals surface area contributed by atoms with Crippen molar-refractivity contribution in [2.24, 2.45) is 0 Å². The van der Waals surface area contributed by atoms with Gasteiger partial charge in [-0.1, -0.05) is 29.3 Å². The van der Waals surface area contributed by atoms with E-state index in [1.807, 2.05) is 12.1 Å². The Labute approximate surface area is 87.9 Å². The lowest BCUT2D eigenvalue weighted by atomic mass is 10.2. The van der Waals surface area contributed by atoms with E-state index in [0.717, 1.165) is 10.3 Å². The van der Waals surface area contributed by atoms with Crippen molar-refractivity contribution in [2.45, 2.75) is 32.7 Å². The molecule has 1 aromatic heterocycles. The van der Waals surface area contributed by atoms with Crippen LogP contribution in [-0.2, 0) is 0 Å². The molecule has 0 saturated carbocycles. The molecule has 0 spiro atoms. The van der Waals surface area contributed by atoms with Crippen LogP contribution in [-0.4, -0.2) is 11.0 Å². The third-order valence-electron chi connectivity index (χ3n) is 1.84. The molecule has 13 heavy (non-hydrogen) atoms. The maximum absolute atomic E-state index is 4.22. The van der Waals surface area contributed by atoms with E-state index in [1.54, 1.807) is 6.20 Å². The largest absolute Gasteiger partial charge is 0.368 e. The lowest BCUT2D eigenvalue weighted by Crippen LogP contribution is -2.15. The summed E-state index contributed by atoms with van der Waals surface area (Å²) in [6.07, 6.45) is 4.17. The molecule has 0 radical (unpaired) electrons. The van der Waals surface area contributed by atoms with Crippen molar-refractivity contribution in [3.63, 3.8) is 0 Å². The highest BCUT2D eigenvalue weighted by molar-refractivity contribution is 9.10. The predicted molar refractivity (Wildman–Crippen MR) is 59.9 cm³/mol. The smallest absolute Gasteiger partial charge is 0.127 e. The number of hydrogen-bond acceptors (Lipinski definition) is 2. The molecule has 0 fully saturated rings. The first-order valence-electron chi connectivity index (χ1n) is 4.60. The number of nitrogens with zero attached hydrogens (tertiary/aromatic N) is 1. The van der Waals surface area contributed by atoms with Gasteiger partial charge < -0.3 is 5.32 Å². The lowest BCUT2D eigenvalue weighted by molar-refractivity contribution is 0.687. The monoisotopic (exact) mass is 242 g/mol. The summed E-state index contributed by atoms with van der Waals surface area (Å²) >= 11 is 3.41. The van der Waals surface area contributed by atoms with Crippen LogP contribution in [0.2, 0.25) is 0 Å². The molecule has 1 heterocycles. The quantitative estimate of drug-likeness (QED) is 0.876. The van der Waals surface area contributed by atoms with Crippen LogP contribution in [0.3, 0.4) is 0 Å². The molecule has 1 atom stereocenters. The van der Waals surface area contributed by atoms with E-state index in [9.17, 15) is 0 Å². The number of anilines is 1. The van der Waals surface area contributed by atoms with Gasteiger partial charge >= 0.3 is 0 Å². The van der Waals surface area contributed by atoms with Crippen molar-refractivity contribution in [3.8, 4) is 0 Å². The first kappa shape index (κ1) is 10.5. The maximum atomic E-state index is 4.22. The Kier molecular flexibility index (Phi) is 4.22. The van der Waals surface area contributed by atoms with Gasteiger partial charge in [-0.05, 0) is 25.5 Å². The first-order chi connectivity index (χ1) is 6.22. The summed E-state index contributed by atoms with van der Waals surface area (Å²) in [6, 6.07) is 4.41. The van der Waals surface area contributed by atoms with Gasteiger partial charge in [0.2, 0.25) is 0 Å². The number of nitrogens with one attached hydrogen (secondary N) is 1. The minimum atomic E-state index is 0.492. The Morgan fingerprint density at radius 3 is 3.00 bits per heavy atom. The highest BCUT2D eigenvalue weighted by Crippen LogP contribution is 2.14. The van der Waals surface area contributed by atoms with Gasteiger partial charge in [-0.25, -0.2) is 4.98 Å². The Balaban J connectivity index is 2.53. The van der Waals surface area contributed by atoms with Crippen LogP contribution in [0.15, 0.2) is 22.8 Å². The van der Waals surface area contributed by atoms with Crippen molar-refractivity contribution < 1.29 is 0 Å². The summed E-state index contributed by atoms with van der Waals surface area (Å²) in [7, 11) is 0. The van der Waals surface area contributed by atoms with E-state index >= 15 is 0 Å². The second kappa shape index (κ2) is 5.22. The van der Waals surface area contributed by atoms with Crippen LogP contribution in [0.25, 0.3) is 0 Å². The van der Waals surface area contributed by atoms with Crippen molar-refractivity contribution in [2.75, 3.05) is 5.32 Å². The number of rotatable bonds is 4. The molecule has 0 amide bonds. The normalized spacial score (nSPS) is 12.5. The SMILES string of the molecule is CCCC(C)Nc1cc(Br)ccn1. The van der Waals surface area contributed by atoms with Gasteiger partial charge in [-0.15, -0.1) is 0 Å². The zero-order valence-corrected chi connectivity index (χ0v) is 9.63. The van der Waals surface area contributed by atoms with E-state index in [-0.39, 0.29) is 0 Å². The molecule has 0 aliphatic carbocycles. The fraction of sp³-hybridized carbons (Fsp3) is 0.500. The third-order valence-corrected chi connectivity index (χ3v) is 2.33. The zero-order valence-electron chi connectivity index (χ0n) is 8.05. The fourth-order valence-electron chi connectivity index (χ4n) is 1.24. The molecule has 0 aliphatic heterocycles. The topological polar surface area (TPSA) is 24.9 Å². The second-order valence-corrected chi connectivity index (χ2v) is 4.11. The minimum absolute atomic E-state index is 0.492. The van der Waals surface area contributed by atoms with Gasteiger partial charge in [0.15, 0.2) is 0 Å². The molecule has 0 aromatic carbocycles. The van der Waals surface area contributed by atoms with Crippen LogP contribution < -0.4 is 5.32 Å². The average Bonchev–Trinajstić information content (AvgIpc) is 2.04. The molecular weight excluding hydrogens is 228 g/mol. The molecule has 1 rings (SSSR count). The highest BCUT2D eigenvalue weighted by atomic mass is 79.9. The first-order valence-corrected chi connectivity index (χ1v) is 5.39. The third kappa shape index (κ3) is 3.77. The van der Waals surface area contributed by atoms with E-state index in [4.69, 9.17) is 0 Å². The number of pyridine rings is 1. The van der Waals surface area contributed by atoms with Crippen molar-refractivity contribution in [1.29, 1.82) is 0 Å². The summed E-state index contributed by atoms with van der Waals surface area (Å²) in [5, 5.41) is 3.34.